The van der Waals surface area contributed by atoms with Crippen LogP contribution in [0.1, 0.15) is 24.8 Å². The largest absolute Gasteiger partial charge is 0.465 e. The average molecular weight is 273 g/mol. The Kier molecular flexibility index (Phi) is 3.47. The van der Waals surface area contributed by atoms with Gasteiger partial charge in [-0.3, -0.25) is 4.79 Å². The Morgan fingerprint density at radius 2 is 2.05 bits per heavy atom. The van der Waals surface area contributed by atoms with Gasteiger partial charge in [-0.15, -0.1) is 0 Å². The number of carbonyl (C=O) groups excluding carboxylic acids is 1. The molecule has 4 nitrogen and oxygen atoms in total. The van der Waals surface area contributed by atoms with Crippen molar-refractivity contribution >= 4 is 11.9 Å². The van der Waals surface area contributed by atoms with E-state index >= 15 is 0 Å². The van der Waals surface area contributed by atoms with E-state index in [4.69, 9.17) is 0 Å². The standard InChI is InChI=1S/C16H19NO3/c18-15-8-4-7-12-13(15)10-17(16(19)20)14(12)9-11-5-2-1-3-6-11/h1-3,5-6,12-14H,4,7-10H2,(H,19,20)/t12?,13-,14+/m0/s1. The zero-order valence-electron chi connectivity index (χ0n) is 11.4. The fourth-order valence-corrected chi connectivity index (χ4v) is 3.75. The number of carboxylic acid groups (broad SMARTS) is 1. The minimum absolute atomic E-state index is 0.0517. The van der Waals surface area contributed by atoms with Crippen LogP contribution in [0.3, 0.4) is 0 Å². The number of benzene rings is 1. The van der Waals surface area contributed by atoms with Crippen molar-refractivity contribution in [2.24, 2.45) is 11.8 Å². The van der Waals surface area contributed by atoms with Crippen LogP contribution in [-0.2, 0) is 11.2 Å². The summed E-state index contributed by atoms with van der Waals surface area (Å²) in [6.45, 7) is 0.385. The first-order valence-corrected chi connectivity index (χ1v) is 7.23. The molecule has 1 N–H and O–H groups in total. The second kappa shape index (κ2) is 5.27. The van der Waals surface area contributed by atoms with Crippen molar-refractivity contribution in [2.75, 3.05) is 6.54 Å². The van der Waals surface area contributed by atoms with E-state index in [9.17, 15) is 14.7 Å². The van der Waals surface area contributed by atoms with Crippen molar-refractivity contribution in [3.8, 4) is 0 Å². The van der Waals surface area contributed by atoms with Gasteiger partial charge in [-0.2, -0.15) is 0 Å². The fourth-order valence-electron chi connectivity index (χ4n) is 3.75. The molecule has 1 saturated carbocycles. The second-order valence-corrected chi connectivity index (χ2v) is 5.82. The lowest BCUT2D eigenvalue weighted by molar-refractivity contribution is -0.125. The number of hydrogen-bond acceptors (Lipinski definition) is 2. The number of likely N-dealkylation sites (tertiary alicyclic amines) is 1. The lowest BCUT2D eigenvalue weighted by Crippen LogP contribution is -2.38. The molecule has 1 aliphatic heterocycles. The molecule has 0 bridgehead atoms. The Bertz CT molecular complexity index is 514. The van der Waals surface area contributed by atoms with Crippen LogP contribution in [-0.4, -0.2) is 34.5 Å². The Balaban J connectivity index is 1.85. The molecular weight excluding hydrogens is 254 g/mol. The first-order chi connectivity index (χ1) is 9.66. The van der Waals surface area contributed by atoms with E-state index in [2.05, 4.69) is 0 Å². The van der Waals surface area contributed by atoms with Crippen molar-refractivity contribution in [1.82, 2.24) is 4.90 Å². The SMILES string of the molecule is O=C1CCCC2[C@@H]1CN(C(=O)O)[C@@H]2Cc1ccccc1. The van der Waals surface area contributed by atoms with Crippen LogP contribution in [0, 0.1) is 11.8 Å². The zero-order valence-corrected chi connectivity index (χ0v) is 11.4. The van der Waals surface area contributed by atoms with E-state index in [1.54, 1.807) is 0 Å². The van der Waals surface area contributed by atoms with E-state index < -0.39 is 6.09 Å². The van der Waals surface area contributed by atoms with Gasteiger partial charge in [0.15, 0.2) is 0 Å². The van der Waals surface area contributed by atoms with Crippen LogP contribution < -0.4 is 0 Å². The maximum atomic E-state index is 12.0. The number of Topliss-reactive ketones (excluding diaryl/α,β-unsaturated/α-hetero) is 1. The normalized spacial score (nSPS) is 29.3. The van der Waals surface area contributed by atoms with E-state index in [0.717, 1.165) is 18.4 Å². The highest BCUT2D eigenvalue weighted by Gasteiger charge is 2.47. The third-order valence-electron chi connectivity index (χ3n) is 4.71. The highest BCUT2D eigenvalue weighted by Crippen LogP contribution is 2.39. The van der Waals surface area contributed by atoms with E-state index in [0.29, 0.717) is 19.4 Å². The van der Waals surface area contributed by atoms with Gasteiger partial charge >= 0.3 is 6.09 Å². The minimum atomic E-state index is -0.895. The van der Waals surface area contributed by atoms with E-state index in [-0.39, 0.29) is 23.7 Å². The van der Waals surface area contributed by atoms with E-state index in [1.807, 2.05) is 30.3 Å². The Labute approximate surface area is 118 Å². The summed E-state index contributed by atoms with van der Waals surface area (Å²) in [6.07, 6.45) is 2.30. The molecule has 4 heteroatoms. The minimum Gasteiger partial charge on any atom is -0.465 e. The van der Waals surface area contributed by atoms with Crippen LogP contribution in [0.15, 0.2) is 30.3 Å². The van der Waals surface area contributed by atoms with Gasteiger partial charge in [0.25, 0.3) is 0 Å². The molecular formula is C16H19NO3. The predicted molar refractivity (Wildman–Crippen MR) is 74.5 cm³/mol. The summed E-state index contributed by atoms with van der Waals surface area (Å²) in [5.74, 6) is 0.379. The number of ketones is 1. The third kappa shape index (κ3) is 2.30. The summed E-state index contributed by atoms with van der Waals surface area (Å²) in [4.78, 5) is 25.0. The van der Waals surface area contributed by atoms with Crippen LogP contribution >= 0.6 is 0 Å². The van der Waals surface area contributed by atoms with Gasteiger partial charge in [0.2, 0.25) is 0 Å². The number of hydrogen-bond donors (Lipinski definition) is 1. The summed E-state index contributed by atoms with van der Waals surface area (Å²) in [5, 5.41) is 9.41. The molecule has 2 aliphatic rings. The lowest BCUT2D eigenvalue weighted by atomic mass is 9.76. The molecule has 1 unspecified atom stereocenters. The van der Waals surface area contributed by atoms with Crippen molar-refractivity contribution < 1.29 is 14.7 Å². The topological polar surface area (TPSA) is 57.6 Å². The summed E-state index contributed by atoms with van der Waals surface area (Å²) in [6, 6.07) is 9.90. The molecule has 20 heavy (non-hydrogen) atoms. The molecule has 1 aromatic carbocycles. The smallest absolute Gasteiger partial charge is 0.407 e. The third-order valence-corrected chi connectivity index (χ3v) is 4.71. The van der Waals surface area contributed by atoms with Gasteiger partial charge in [0, 0.05) is 24.9 Å². The quantitative estimate of drug-likeness (QED) is 0.901. The summed E-state index contributed by atoms with van der Waals surface area (Å²) in [7, 11) is 0. The van der Waals surface area contributed by atoms with Crippen molar-refractivity contribution in [1.29, 1.82) is 0 Å². The number of rotatable bonds is 2. The summed E-state index contributed by atoms with van der Waals surface area (Å²) in [5.41, 5.74) is 1.14. The molecule has 0 spiro atoms. The molecule has 0 radical (unpaired) electrons. The molecule has 3 atom stereocenters. The molecule has 1 amide bonds. The highest BCUT2D eigenvalue weighted by molar-refractivity contribution is 5.83. The number of fused-ring (bicyclic) bond motifs is 1. The zero-order chi connectivity index (χ0) is 14.1. The molecule has 3 rings (SSSR count). The summed E-state index contributed by atoms with van der Waals surface area (Å²) >= 11 is 0. The molecule has 1 saturated heterocycles. The van der Waals surface area contributed by atoms with Gasteiger partial charge in [-0.25, -0.2) is 4.79 Å². The Morgan fingerprint density at radius 3 is 2.75 bits per heavy atom. The number of carbonyl (C=O) groups is 2. The summed E-state index contributed by atoms with van der Waals surface area (Å²) < 4.78 is 0. The Hall–Kier alpha value is -1.84. The van der Waals surface area contributed by atoms with Gasteiger partial charge < -0.3 is 10.0 Å². The van der Waals surface area contributed by atoms with Crippen molar-refractivity contribution in [3.63, 3.8) is 0 Å². The maximum absolute atomic E-state index is 12.0. The molecule has 1 aromatic rings. The lowest BCUT2D eigenvalue weighted by Gasteiger charge is -2.29. The highest BCUT2D eigenvalue weighted by atomic mass is 16.4. The molecule has 1 heterocycles. The number of nitrogens with zero attached hydrogens (tertiary/aromatic N) is 1. The van der Waals surface area contributed by atoms with Gasteiger partial charge in [-0.05, 0) is 30.7 Å². The van der Waals surface area contributed by atoms with Crippen LogP contribution in [0.5, 0.6) is 0 Å². The molecule has 106 valence electrons. The van der Waals surface area contributed by atoms with Gasteiger partial charge in [0.05, 0.1) is 0 Å². The monoisotopic (exact) mass is 273 g/mol. The van der Waals surface area contributed by atoms with Crippen molar-refractivity contribution in [2.45, 2.75) is 31.7 Å². The predicted octanol–water partition coefficient (Wildman–Crippen LogP) is 2.58. The van der Waals surface area contributed by atoms with E-state index in [1.165, 1.54) is 4.90 Å². The van der Waals surface area contributed by atoms with Crippen molar-refractivity contribution in [3.05, 3.63) is 35.9 Å². The molecule has 2 fully saturated rings. The molecule has 0 aromatic heterocycles. The van der Waals surface area contributed by atoms with Crippen LogP contribution in [0.25, 0.3) is 0 Å². The average Bonchev–Trinajstić information content (AvgIpc) is 2.81. The second-order valence-electron chi connectivity index (χ2n) is 5.82. The fraction of sp³-hybridized carbons (Fsp3) is 0.500. The molecule has 1 aliphatic carbocycles. The van der Waals surface area contributed by atoms with Gasteiger partial charge in [-0.1, -0.05) is 30.3 Å². The first-order valence-electron chi connectivity index (χ1n) is 7.23. The number of amides is 1. The maximum Gasteiger partial charge on any atom is 0.407 e. The first kappa shape index (κ1) is 13.2. The van der Waals surface area contributed by atoms with Crippen LogP contribution in [0.4, 0.5) is 4.79 Å². The van der Waals surface area contributed by atoms with Gasteiger partial charge in [0.1, 0.15) is 5.78 Å². The Morgan fingerprint density at radius 1 is 1.30 bits per heavy atom. The van der Waals surface area contributed by atoms with Crippen LogP contribution in [0.2, 0.25) is 0 Å².